The third-order valence-electron chi connectivity index (χ3n) is 5.45. The average molecular weight is 442 g/mol. The maximum atomic E-state index is 12.5. The van der Waals surface area contributed by atoms with E-state index in [2.05, 4.69) is 33.9 Å². The van der Waals surface area contributed by atoms with Gasteiger partial charge in [0, 0.05) is 45.7 Å². The lowest BCUT2D eigenvalue weighted by Gasteiger charge is -2.34. The van der Waals surface area contributed by atoms with Crippen LogP contribution in [0.2, 0.25) is 0 Å². The van der Waals surface area contributed by atoms with E-state index < -0.39 is 10.0 Å². The maximum absolute atomic E-state index is 12.5. The monoisotopic (exact) mass is 441 g/mol. The van der Waals surface area contributed by atoms with Crippen LogP contribution in [-0.4, -0.2) is 63.4 Å². The standard InChI is InChI=1S/C24H31N3O3S/c1-20-10-11-23(21(2)19-20)31(29,30)25-13-12-24(28)27-17-15-26(16-18-27)14-6-9-22-7-4-3-5-8-22/h3-11,19,25H,12-18H2,1-2H3/b9-6+. The van der Waals surface area contributed by atoms with Crippen molar-refractivity contribution in [1.82, 2.24) is 14.5 Å². The topological polar surface area (TPSA) is 69.7 Å². The highest BCUT2D eigenvalue weighted by Gasteiger charge is 2.21. The molecule has 0 spiro atoms. The Morgan fingerprint density at radius 2 is 1.74 bits per heavy atom. The molecule has 1 heterocycles. The molecule has 1 aliphatic heterocycles. The van der Waals surface area contributed by atoms with Crippen molar-refractivity contribution in [3.05, 3.63) is 71.3 Å². The predicted octanol–water partition coefficient (Wildman–Crippen LogP) is 2.83. The summed E-state index contributed by atoms with van der Waals surface area (Å²) in [5.74, 6) is -0.0113. The second-order valence-corrected chi connectivity index (χ2v) is 9.65. The summed E-state index contributed by atoms with van der Waals surface area (Å²) in [6, 6.07) is 15.4. The summed E-state index contributed by atoms with van der Waals surface area (Å²) in [4.78, 5) is 16.9. The number of piperazine rings is 1. The normalized spacial score (nSPS) is 15.5. The van der Waals surface area contributed by atoms with Crippen LogP contribution in [0.5, 0.6) is 0 Å². The van der Waals surface area contributed by atoms with Gasteiger partial charge in [-0.3, -0.25) is 9.69 Å². The molecule has 0 aliphatic carbocycles. The van der Waals surface area contributed by atoms with E-state index in [9.17, 15) is 13.2 Å². The second-order valence-electron chi connectivity index (χ2n) is 7.91. The Bertz CT molecular complexity index is 1010. The molecule has 3 rings (SSSR count). The summed E-state index contributed by atoms with van der Waals surface area (Å²) in [5, 5.41) is 0. The molecule has 1 aliphatic rings. The van der Waals surface area contributed by atoms with Crippen molar-refractivity contribution in [2.45, 2.75) is 25.2 Å². The number of carbonyl (C=O) groups excluding carboxylic acids is 1. The number of amides is 1. The first kappa shape index (κ1) is 23.2. The molecule has 7 heteroatoms. The van der Waals surface area contributed by atoms with E-state index in [1.54, 1.807) is 19.1 Å². The lowest BCUT2D eigenvalue weighted by Crippen LogP contribution is -2.49. The number of nitrogens with zero attached hydrogens (tertiary/aromatic N) is 2. The van der Waals surface area contributed by atoms with Crippen molar-refractivity contribution >= 4 is 22.0 Å². The Morgan fingerprint density at radius 3 is 2.42 bits per heavy atom. The van der Waals surface area contributed by atoms with Crippen LogP contribution in [0.3, 0.4) is 0 Å². The van der Waals surface area contributed by atoms with Crippen LogP contribution >= 0.6 is 0 Å². The van der Waals surface area contributed by atoms with Crippen LogP contribution in [0.1, 0.15) is 23.1 Å². The lowest BCUT2D eigenvalue weighted by molar-refractivity contribution is -0.132. The van der Waals surface area contributed by atoms with Gasteiger partial charge in [0.1, 0.15) is 0 Å². The summed E-state index contributed by atoms with van der Waals surface area (Å²) >= 11 is 0. The lowest BCUT2D eigenvalue weighted by atomic mass is 10.2. The Morgan fingerprint density at radius 1 is 1.03 bits per heavy atom. The van der Waals surface area contributed by atoms with Gasteiger partial charge in [0.2, 0.25) is 15.9 Å². The van der Waals surface area contributed by atoms with Crippen LogP contribution < -0.4 is 4.72 Å². The van der Waals surface area contributed by atoms with Crippen molar-refractivity contribution in [1.29, 1.82) is 0 Å². The Balaban J connectivity index is 1.40. The number of carbonyl (C=O) groups is 1. The van der Waals surface area contributed by atoms with Gasteiger partial charge in [-0.2, -0.15) is 0 Å². The average Bonchev–Trinajstić information content (AvgIpc) is 2.74. The summed E-state index contributed by atoms with van der Waals surface area (Å²) in [7, 11) is -3.61. The number of rotatable bonds is 8. The Hall–Kier alpha value is -2.48. The largest absolute Gasteiger partial charge is 0.340 e. The number of benzene rings is 2. The molecule has 1 amide bonds. The van der Waals surface area contributed by atoms with Gasteiger partial charge in [0.05, 0.1) is 4.90 Å². The number of nitrogens with one attached hydrogen (secondary N) is 1. The molecule has 0 bridgehead atoms. The van der Waals surface area contributed by atoms with Gasteiger partial charge >= 0.3 is 0 Å². The van der Waals surface area contributed by atoms with E-state index in [4.69, 9.17) is 0 Å². The minimum Gasteiger partial charge on any atom is -0.340 e. The number of hydrogen-bond acceptors (Lipinski definition) is 4. The maximum Gasteiger partial charge on any atom is 0.240 e. The molecule has 0 saturated carbocycles. The molecular formula is C24H31N3O3S. The van der Waals surface area contributed by atoms with E-state index in [1.165, 1.54) is 5.56 Å². The zero-order valence-corrected chi connectivity index (χ0v) is 19.1. The van der Waals surface area contributed by atoms with E-state index in [0.717, 1.165) is 25.2 Å². The van der Waals surface area contributed by atoms with Crippen LogP contribution in [0.4, 0.5) is 0 Å². The highest BCUT2D eigenvalue weighted by Crippen LogP contribution is 2.16. The fourth-order valence-electron chi connectivity index (χ4n) is 3.71. The minimum atomic E-state index is -3.61. The molecule has 0 aromatic heterocycles. The van der Waals surface area contributed by atoms with E-state index in [1.807, 2.05) is 36.1 Å². The molecule has 166 valence electrons. The van der Waals surface area contributed by atoms with Gasteiger partial charge in [-0.25, -0.2) is 13.1 Å². The fraction of sp³-hybridized carbons (Fsp3) is 0.375. The zero-order valence-electron chi connectivity index (χ0n) is 18.3. The number of hydrogen-bond donors (Lipinski definition) is 1. The first-order valence-electron chi connectivity index (χ1n) is 10.6. The Kier molecular flexibility index (Phi) is 8.01. The quantitative estimate of drug-likeness (QED) is 0.684. The minimum absolute atomic E-state index is 0.0113. The van der Waals surface area contributed by atoms with Gasteiger partial charge in [-0.1, -0.05) is 60.2 Å². The third-order valence-corrected chi connectivity index (χ3v) is 7.07. The number of aryl methyl sites for hydroxylation is 2. The molecule has 1 N–H and O–H groups in total. The first-order valence-corrected chi connectivity index (χ1v) is 12.1. The third kappa shape index (κ3) is 6.75. The van der Waals surface area contributed by atoms with Gasteiger partial charge < -0.3 is 4.90 Å². The molecular weight excluding hydrogens is 410 g/mol. The van der Waals surface area contributed by atoms with E-state index >= 15 is 0 Å². The van der Waals surface area contributed by atoms with Crippen molar-refractivity contribution in [2.75, 3.05) is 39.3 Å². The molecule has 6 nitrogen and oxygen atoms in total. The number of sulfonamides is 1. The molecule has 1 fully saturated rings. The highest BCUT2D eigenvalue weighted by molar-refractivity contribution is 7.89. The molecule has 0 unspecified atom stereocenters. The SMILES string of the molecule is Cc1ccc(S(=O)(=O)NCCC(=O)N2CCN(C/C=C/c3ccccc3)CC2)c(C)c1. The van der Waals surface area contributed by atoms with Crippen molar-refractivity contribution in [3.8, 4) is 0 Å². The van der Waals surface area contributed by atoms with Crippen LogP contribution in [0.15, 0.2) is 59.5 Å². The van der Waals surface area contributed by atoms with Crippen molar-refractivity contribution < 1.29 is 13.2 Å². The first-order chi connectivity index (χ1) is 14.8. The molecule has 2 aromatic rings. The van der Waals surface area contributed by atoms with Gasteiger partial charge in [-0.15, -0.1) is 0 Å². The highest BCUT2D eigenvalue weighted by atomic mass is 32.2. The summed E-state index contributed by atoms with van der Waals surface area (Å²) in [6.07, 6.45) is 4.42. The van der Waals surface area contributed by atoms with E-state index in [0.29, 0.717) is 18.7 Å². The zero-order chi connectivity index (χ0) is 22.3. The molecule has 1 saturated heterocycles. The summed E-state index contributed by atoms with van der Waals surface area (Å²) < 4.78 is 27.6. The molecule has 0 radical (unpaired) electrons. The van der Waals surface area contributed by atoms with Crippen molar-refractivity contribution in [3.63, 3.8) is 0 Å². The Labute approximate surface area is 185 Å². The fourth-order valence-corrected chi connectivity index (χ4v) is 4.97. The van der Waals surface area contributed by atoms with Gasteiger partial charge in [0.15, 0.2) is 0 Å². The molecule has 2 aromatic carbocycles. The molecule has 31 heavy (non-hydrogen) atoms. The van der Waals surface area contributed by atoms with Crippen LogP contribution in [-0.2, 0) is 14.8 Å². The van der Waals surface area contributed by atoms with Crippen molar-refractivity contribution in [2.24, 2.45) is 0 Å². The summed E-state index contributed by atoms with van der Waals surface area (Å²) in [6.45, 7) is 7.64. The van der Waals surface area contributed by atoms with Gasteiger partial charge in [-0.05, 0) is 31.0 Å². The van der Waals surface area contributed by atoms with Crippen LogP contribution in [0, 0.1) is 13.8 Å². The van der Waals surface area contributed by atoms with E-state index in [-0.39, 0.29) is 23.8 Å². The second kappa shape index (κ2) is 10.7. The van der Waals surface area contributed by atoms with Crippen LogP contribution in [0.25, 0.3) is 6.08 Å². The van der Waals surface area contributed by atoms with Gasteiger partial charge in [0.25, 0.3) is 0 Å². The smallest absolute Gasteiger partial charge is 0.240 e. The predicted molar refractivity (Wildman–Crippen MR) is 124 cm³/mol. The summed E-state index contributed by atoms with van der Waals surface area (Å²) in [5.41, 5.74) is 2.90. The molecule has 0 atom stereocenters.